The Kier molecular flexibility index (Phi) is 1.32. The molecule has 1 saturated heterocycles. The second-order valence-electron chi connectivity index (χ2n) is 2.40. The quantitative estimate of drug-likeness (QED) is 0.520. The van der Waals surface area contributed by atoms with Gasteiger partial charge in [-0.15, -0.1) is 0 Å². The molecule has 9 heavy (non-hydrogen) atoms. The molecule has 0 spiro atoms. The molecule has 0 aromatic carbocycles. The van der Waals surface area contributed by atoms with Gasteiger partial charge in [0.15, 0.2) is 0 Å². The van der Waals surface area contributed by atoms with E-state index in [-0.39, 0.29) is 5.60 Å². The molecule has 0 saturated carbocycles. The number of amides is 1. The third-order valence-electron chi connectivity index (χ3n) is 1.25. The fourth-order valence-electron chi connectivity index (χ4n) is 0.488. The van der Waals surface area contributed by atoms with Crippen molar-refractivity contribution in [2.24, 2.45) is 0 Å². The molecule has 1 fully saturated rings. The smallest absolute Gasteiger partial charge is 0.404 e. The third-order valence-corrected chi connectivity index (χ3v) is 1.25. The maximum absolute atomic E-state index is 9.91. The maximum atomic E-state index is 9.91. The van der Waals surface area contributed by atoms with Crippen LogP contribution in [0.15, 0.2) is 0 Å². The molecule has 1 amide bonds. The van der Waals surface area contributed by atoms with Crippen LogP contribution in [0.5, 0.6) is 0 Å². The first-order valence-corrected chi connectivity index (χ1v) is 2.73. The minimum absolute atomic E-state index is 0.210. The van der Waals surface area contributed by atoms with Crippen LogP contribution in [0.25, 0.3) is 0 Å². The first-order valence-electron chi connectivity index (χ1n) is 2.73. The molecule has 1 aliphatic heterocycles. The molecule has 1 heterocycles. The van der Waals surface area contributed by atoms with Crippen LogP contribution in [0.4, 0.5) is 4.79 Å². The van der Waals surface area contributed by atoms with E-state index < -0.39 is 6.09 Å². The monoisotopic (exact) mass is 131 g/mol. The highest BCUT2D eigenvalue weighted by molar-refractivity contribution is 5.64. The number of hydrogen-bond donors (Lipinski definition) is 2. The average Bonchev–Trinajstić information content (AvgIpc) is 2.45. The normalized spacial score (nSPS) is 31.7. The lowest BCUT2D eigenvalue weighted by molar-refractivity contribution is 0.189. The summed E-state index contributed by atoms with van der Waals surface area (Å²) in [7, 11) is 0. The van der Waals surface area contributed by atoms with Gasteiger partial charge in [-0.1, -0.05) is 0 Å². The molecule has 1 rings (SSSR count). The van der Waals surface area contributed by atoms with Crippen LogP contribution in [0.2, 0.25) is 0 Å². The lowest BCUT2D eigenvalue weighted by atomic mass is 10.2. The first-order chi connectivity index (χ1) is 4.12. The Morgan fingerprint density at radius 1 is 2.00 bits per heavy atom. The van der Waals surface area contributed by atoms with Crippen molar-refractivity contribution in [1.82, 2.24) is 5.32 Å². The highest BCUT2D eigenvalue weighted by Gasteiger charge is 2.39. The van der Waals surface area contributed by atoms with Gasteiger partial charge >= 0.3 is 6.09 Å². The van der Waals surface area contributed by atoms with E-state index in [1.807, 2.05) is 6.92 Å². The van der Waals surface area contributed by atoms with Gasteiger partial charge in [0.1, 0.15) is 5.60 Å². The van der Waals surface area contributed by atoms with Crippen molar-refractivity contribution in [2.75, 3.05) is 13.2 Å². The predicted molar refractivity (Wildman–Crippen MR) is 30.4 cm³/mol. The number of nitrogens with one attached hydrogen (secondary N) is 1. The zero-order chi connectivity index (χ0) is 6.91. The molecule has 0 bridgehead atoms. The molecule has 0 radical (unpaired) electrons. The van der Waals surface area contributed by atoms with Gasteiger partial charge in [0.2, 0.25) is 0 Å². The van der Waals surface area contributed by atoms with Gasteiger partial charge in [-0.2, -0.15) is 0 Å². The molecular formula is C5H9NO3. The molecule has 0 aliphatic carbocycles. The summed E-state index contributed by atoms with van der Waals surface area (Å²) in [4.78, 5) is 9.91. The Balaban J connectivity index is 2.12. The first kappa shape index (κ1) is 6.35. The second kappa shape index (κ2) is 1.88. The average molecular weight is 131 g/mol. The standard InChI is InChI=1S/C5H9NO3/c1-5(3-9-5)2-6-4(7)8/h6H,2-3H2,1H3,(H,7,8). The van der Waals surface area contributed by atoms with E-state index in [1.54, 1.807) is 0 Å². The van der Waals surface area contributed by atoms with Gasteiger partial charge in [0.05, 0.1) is 13.2 Å². The number of hydrogen-bond acceptors (Lipinski definition) is 2. The number of ether oxygens (including phenoxy) is 1. The van der Waals surface area contributed by atoms with E-state index >= 15 is 0 Å². The van der Waals surface area contributed by atoms with Crippen molar-refractivity contribution < 1.29 is 14.6 Å². The Bertz CT molecular complexity index is 130. The van der Waals surface area contributed by atoms with Crippen molar-refractivity contribution in [1.29, 1.82) is 0 Å². The third kappa shape index (κ3) is 1.89. The fourth-order valence-corrected chi connectivity index (χ4v) is 0.488. The molecule has 4 heteroatoms. The largest absolute Gasteiger partial charge is 0.465 e. The van der Waals surface area contributed by atoms with Gasteiger partial charge in [-0.3, -0.25) is 0 Å². The molecule has 1 unspecified atom stereocenters. The van der Waals surface area contributed by atoms with E-state index in [9.17, 15) is 4.79 Å². The van der Waals surface area contributed by atoms with Gasteiger partial charge < -0.3 is 15.2 Å². The molecule has 0 aromatic rings. The van der Waals surface area contributed by atoms with Crippen LogP contribution in [-0.4, -0.2) is 30.0 Å². The van der Waals surface area contributed by atoms with E-state index in [4.69, 9.17) is 9.84 Å². The maximum Gasteiger partial charge on any atom is 0.404 e. The van der Waals surface area contributed by atoms with Gasteiger partial charge in [0, 0.05) is 0 Å². The molecule has 1 aliphatic rings. The summed E-state index contributed by atoms with van der Waals surface area (Å²) in [6, 6.07) is 0. The molecule has 4 nitrogen and oxygen atoms in total. The van der Waals surface area contributed by atoms with Crippen LogP contribution in [0.3, 0.4) is 0 Å². The zero-order valence-corrected chi connectivity index (χ0v) is 5.18. The zero-order valence-electron chi connectivity index (χ0n) is 5.18. The van der Waals surface area contributed by atoms with Crippen LogP contribution >= 0.6 is 0 Å². The van der Waals surface area contributed by atoms with Crippen LogP contribution < -0.4 is 5.32 Å². The SMILES string of the molecule is CC1(CNC(=O)O)CO1. The summed E-state index contributed by atoms with van der Waals surface area (Å²) in [5, 5.41) is 10.4. The summed E-state index contributed by atoms with van der Waals surface area (Å²) < 4.78 is 4.92. The van der Waals surface area contributed by atoms with Gasteiger partial charge in [0.25, 0.3) is 0 Å². The Hall–Kier alpha value is -0.770. The summed E-state index contributed by atoms with van der Waals surface area (Å²) in [6.45, 7) is 2.92. The Labute approximate surface area is 52.8 Å². The second-order valence-corrected chi connectivity index (χ2v) is 2.40. The molecule has 2 N–H and O–H groups in total. The van der Waals surface area contributed by atoms with Gasteiger partial charge in [-0.05, 0) is 6.92 Å². The minimum Gasteiger partial charge on any atom is -0.465 e. The summed E-state index contributed by atoms with van der Waals surface area (Å²) >= 11 is 0. The lowest BCUT2D eigenvalue weighted by Crippen LogP contribution is -2.31. The Morgan fingerprint density at radius 3 is 2.89 bits per heavy atom. The van der Waals surface area contributed by atoms with Crippen LogP contribution in [0, 0.1) is 0 Å². The molecule has 1 atom stereocenters. The van der Waals surface area contributed by atoms with Crippen molar-refractivity contribution in [3.05, 3.63) is 0 Å². The molecule has 52 valence electrons. The highest BCUT2D eigenvalue weighted by atomic mass is 16.6. The minimum atomic E-state index is -0.994. The number of carbonyl (C=O) groups is 1. The lowest BCUT2D eigenvalue weighted by Gasteiger charge is -2.02. The van der Waals surface area contributed by atoms with Crippen molar-refractivity contribution in [2.45, 2.75) is 12.5 Å². The summed E-state index contributed by atoms with van der Waals surface area (Å²) in [5.41, 5.74) is -0.210. The van der Waals surface area contributed by atoms with E-state index in [2.05, 4.69) is 5.32 Å². The summed E-state index contributed by atoms with van der Waals surface area (Å²) in [5.74, 6) is 0. The van der Waals surface area contributed by atoms with Crippen molar-refractivity contribution in [3.63, 3.8) is 0 Å². The van der Waals surface area contributed by atoms with Crippen LogP contribution in [-0.2, 0) is 4.74 Å². The van der Waals surface area contributed by atoms with E-state index in [1.165, 1.54) is 0 Å². The van der Waals surface area contributed by atoms with E-state index in [0.29, 0.717) is 13.2 Å². The Morgan fingerprint density at radius 2 is 2.56 bits per heavy atom. The molecule has 0 aromatic heterocycles. The number of epoxide rings is 1. The van der Waals surface area contributed by atoms with Crippen LogP contribution in [0.1, 0.15) is 6.92 Å². The predicted octanol–water partition coefficient (Wildman–Crippen LogP) is 0.0429. The summed E-state index contributed by atoms with van der Waals surface area (Å²) in [6.07, 6.45) is -0.994. The molecular weight excluding hydrogens is 122 g/mol. The highest BCUT2D eigenvalue weighted by Crippen LogP contribution is 2.23. The number of rotatable bonds is 2. The van der Waals surface area contributed by atoms with Crippen molar-refractivity contribution >= 4 is 6.09 Å². The topological polar surface area (TPSA) is 61.9 Å². The fraction of sp³-hybridized carbons (Fsp3) is 0.800. The number of carboxylic acid groups (broad SMARTS) is 1. The van der Waals surface area contributed by atoms with Gasteiger partial charge in [-0.25, -0.2) is 4.79 Å². The van der Waals surface area contributed by atoms with Crippen molar-refractivity contribution in [3.8, 4) is 0 Å². The van der Waals surface area contributed by atoms with E-state index in [0.717, 1.165) is 0 Å².